The summed E-state index contributed by atoms with van der Waals surface area (Å²) in [4.78, 5) is 14.8. The van der Waals surface area contributed by atoms with Crippen molar-refractivity contribution in [2.24, 2.45) is 0 Å². The number of carbonyl (C=O) groups is 1. The average molecular weight is 437 g/mol. The van der Waals surface area contributed by atoms with Crippen molar-refractivity contribution in [2.45, 2.75) is 11.6 Å². The third kappa shape index (κ3) is 3.40. The zero-order valence-corrected chi connectivity index (χ0v) is 17.4. The molecule has 0 fully saturated rings. The van der Waals surface area contributed by atoms with E-state index in [1.54, 1.807) is 12.3 Å². The van der Waals surface area contributed by atoms with Crippen LogP contribution >= 0.6 is 23.4 Å². The fraction of sp³-hybridized carbons (Fsp3) is 0.136. The number of furan rings is 1. The maximum absolute atomic E-state index is 12.9. The number of hydrogen-bond acceptors (Lipinski definition) is 5. The molecule has 8 heteroatoms. The van der Waals surface area contributed by atoms with Crippen LogP contribution in [0.25, 0.3) is 17.3 Å². The lowest BCUT2D eigenvalue weighted by Crippen LogP contribution is -2.30. The molecule has 2 aromatic carbocycles. The number of hydrogen-bond donors (Lipinski definition) is 0. The Balaban J connectivity index is 1.44. The summed E-state index contributed by atoms with van der Waals surface area (Å²) in [6, 6.07) is 19.1. The molecule has 0 atom stereocenters. The minimum Gasteiger partial charge on any atom is -0.461 e. The Morgan fingerprint density at radius 1 is 1.03 bits per heavy atom. The minimum atomic E-state index is 0.0400. The van der Waals surface area contributed by atoms with Crippen LogP contribution in [0.4, 0.5) is 5.69 Å². The van der Waals surface area contributed by atoms with E-state index in [1.807, 2.05) is 58.0 Å². The van der Waals surface area contributed by atoms with Crippen LogP contribution in [0, 0.1) is 0 Å². The number of nitrogens with zero attached hydrogens (tertiary/aromatic N) is 4. The molecule has 0 saturated heterocycles. The lowest BCUT2D eigenvalue weighted by molar-refractivity contribution is -0.116. The first-order chi connectivity index (χ1) is 14.7. The Morgan fingerprint density at radius 2 is 1.83 bits per heavy atom. The van der Waals surface area contributed by atoms with Gasteiger partial charge in [0.25, 0.3) is 0 Å². The lowest BCUT2D eigenvalue weighted by atomic mass is 10.2. The molecule has 0 radical (unpaired) electrons. The van der Waals surface area contributed by atoms with E-state index < -0.39 is 0 Å². The van der Waals surface area contributed by atoms with E-state index in [1.165, 1.54) is 17.3 Å². The number of aromatic nitrogens is 3. The Kier molecular flexibility index (Phi) is 5.06. The molecule has 1 aliphatic heterocycles. The second kappa shape index (κ2) is 8.01. The van der Waals surface area contributed by atoms with Gasteiger partial charge in [-0.1, -0.05) is 53.7 Å². The SMILES string of the molecule is O=C(CSc1nnc(-c2ccco2)n1-c1ccccc1Cl)N1CCc2ccccc21. The first-order valence-corrected chi connectivity index (χ1v) is 10.8. The van der Waals surface area contributed by atoms with Gasteiger partial charge in [-0.25, -0.2) is 0 Å². The number of carbonyl (C=O) groups excluding carboxylic acids is 1. The molecule has 0 spiro atoms. The van der Waals surface area contributed by atoms with Crippen molar-refractivity contribution in [3.63, 3.8) is 0 Å². The predicted molar refractivity (Wildman–Crippen MR) is 117 cm³/mol. The van der Waals surface area contributed by atoms with Gasteiger partial charge in [-0.3, -0.25) is 9.36 Å². The van der Waals surface area contributed by atoms with Crippen molar-refractivity contribution in [2.75, 3.05) is 17.2 Å². The molecule has 150 valence electrons. The minimum absolute atomic E-state index is 0.0400. The molecule has 2 aromatic heterocycles. The van der Waals surface area contributed by atoms with Gasteiger partial charge in [0, 0.05) is 12.2 Å². The maximum Gasteiger partial charge on any atom is 0.237 e. The topological polar surface area (TPSA) is 64.2 Å². The summed E-state index contributed by atoms with van der Waals surface area (Å²) in [5.41, 5.74) is 2.93. The molecule has 0 unspecified atom stereocenters. The molecule has 1 amide bonds. The number of amides is 1. The van der Waals surface area contributed by atoms with Gasteiger partial charge in [-0.2, -0.15) is 0 Å². The van der Waals surface area contributed by atoms with Crippen LogP contribution in [-0.4, -0.2) is 33.0 Å². The summed E-state index contributed by atoms with van der Waals surface area (Å²) in [5.74, 6) is 1.40. The molecule has 5 rings (SSSR count). The normalized spacial score (nSPS) is 12.9. The van der Waals surface area contributed by atoms with Gasteiger partial charge in [0.1, 0.15) is 0 Å². The van der Waals surface area contributed by atoms with Crippen LogP contribution in [0.1, 0.15) is 5.56 Å². The molecule has 0 N–H and O–H groups in total. The van der Waals surface area contributed by atoms with Gasteiger partial charge in [-0.15, -0.1) is 10.2 Å². The van der Waals surface area contributed by atoms with E-state index in [0.29, 0.717) is 28.3 Å². The first-order valence-electron chi connectivity index (χ1n) is 9.47. The smallest absolute Gasteiger partial charge is 0.237 e. The number of halogens is 1. The summed E-state index contributed by atoms with van der Waals surface area (Å²) >= 11 is 7.79. The number of thioether (sulfide) groups is 1. The first kappa shape index (κ1) is 19.0. The van der Waals surface area contributed by atoms with Gasteiger partial charge in [-0.05, 0) is 42.3 Å². The van der Waals surface area contributed by atoms with Crippen molar-refractivity contribution >= 4 is 35.0 Å². The number of benzene rings is 2. The third-order valence-electron chi connectivity index (χ3n) is 4.98. The van der Waals surface area contributed by atoms with Crippen molar-refractivity contribution in [1.82, 2.24) is 14.8 Å². The molecule has 0 aliphatic carbocycles. The van der Waals surface area contributed by atoms with Gasteiger partial charge >= 0.3 is 0 Å². The molecule has 0 bridgehead atoms. The summed E-state index contributed by atoms with van der Waals surface area (Å²) in [7, 11) is 0. The van der Waals surface area contributed by atoms with Gasteiger partial charge < -0.3 is 9.32 Å². The molecule has 1 aliphatic rings. The van der Waals surface area contributed by atoms with Crippen molar-refractivity contribution in [1.29, 1.82) is 0 Å². The Hall–Kier alpha value is -3.03. The number of fused-ring (bicyclic) bond motifs is 1. The number of para-hydroxylation sites is 2. The van der Waals surface area contributed by atoms with Crippen LogP contribution in [0.15, 0.2) is 76.5 Å². The Bertz CT molecular complexity index is 1210. The van der Waals surface area contributed by atoms with E-state index in [4.69, 9.17) is 16.0 Å². The van der Waals surface area contributed by atoms with Gasteiger partial charge in [0.05, 0.1) is 22.7 Å². The molecule has 4 aromatic rings. The highest BCUT2D eigenvalue weighted by atomic mass is 35.5. The summed E-state index contributed by atoms with van der Waals surface area (Å²) in [5, 5.41) is 9.76. The van der Waals surface area contributed by atoms with E-state index in [-0.39, 0.29) is 11.7 Å². The summed E-state index contributed by atoms with van der Waals surface area (Å²) in [6.45, 7) is 0.702. The highest BCUT2D eigenvalue weighted by molar-refractivity contribution is 7.99. The molecule has 30 heavy (non-hydrogen) atoms. The average Bonchev–Trinajstić information content (AvgIpc) is 3.51. The Labute approximate surface area is 182 Å². The Morgan fingerprint density at radius 3 is 2.63 bits per heavy atom. The van der Waals surface area contributed by atoms with Crippen LogP contribution in [0.2, 0.25) is 5.02 Å². The second-order valence-corrected chi connectivity index (χ2v) is 8.13. The van der Waals surface area contributed by atoms with Crippen molar-refractivity contribution in [3.8, 4) is 17.3 Å². The largest absolute Gasteiger partial charge is 0.461 e. The predicted octanol–water partition coefficient (Wildman–Crippen LogP) is 4.86. The fourth-order valence-electron chi connectivity index (χ4n) is 3.58. The highest BCUT2D eigenvalue weighted by Crippen LogP contribution is 2.33. The second-order valence-electron chi connectivity index (χ2n) is 6.78. The molecular weight excluding hydrogens is 420 g/mol. The molecule has 6 nitrogen and oxygen atoms in total. The van der Waals surface area contributed by atoms with E-state index in [9.17, 15) is 4.79 Å². The summed E-state index contributed by atoms with van der Waals surface area (Å²) < 4.78 is 7.36. The lowest BCUT2D eigenvalue weighted by Gasteiger charge is -2.17. The fourth-order valence-corrected chi connectivity index (χ4v) is 4.62. The van der Waals surface area contributed by atoms with Crippen LogP contribution < -0.4 is 4.90 Å². The summed E-state index contributed by atoms with van der Waals surface area (Å²) in [6.07, 6.45) is 2.47. The van der Waals surface area contributed by atoms with Gasteiger partial charge in [0.15, 0.2) is 10.9 Å². The van der Waals surface area contributed by atoms with Crippen molar-refractivity contribution in [3.05, 3.63) is 77.5 Å². The number of rotatable bonds is 5. The zero-order valence-electron chi connectivity index (χ0n) is 15.9. The standard InChI is InChI=1S/C22H17ClN4O2S/c23-16-7-2-4-9-18(16)27-21(19-10-5-13-29-19)24-25-22(27)30-14-20(28)26-12-11-15-6-1-3-8-17(15)26/h1-10,13H,11-12,14H2. The molecule has 0 saturated carbocycles. The van der Waals surface area contributed by atoms with Crippen LogP contribution in [0.3, 0.4) is 0 Å². The van der Waals surface area contributed by atoms with Gasteiger partial charge in [0.2, 0.25) is 11.7 Å². The maximum atomic E-state index is 12.9. The van der Waals surface area contributed by atoms with Crippen LogP contribution in [0.5, 0.6) is 0 Å². The highest BCUT2D eigenvalue weighted by Gasteiger charge is 2.26. The van der Waals surface area contributed by atoms with E-state index in [0.717, 1.165) is 17.8 Å². The quantitative estimate of drug-likeness (QED) is 0.418. The van der Waals surface area contributed by atoms with Crippen LogP contribution in [-0.2, 0) is 11.2 Å². The molecular formula is C22H17ClN4O2S. The number of anilines is 1. The van der Waals surface area contributed by atoms with Crippen molar-refractivity contribution < 1.29 is 9.21 Å². The zero-order chi connectivity index (χ0) is 20.5. The van der Waals surface area contributed by atoms with E-state index in [2.05, 4.69) is 16.3 Å². The molecule has 3 heterocycles. The third-order valence-corrected chi connectivity index (χ3v) is 6.21. The van der Waals surface area contributed by atoms with E-state index >= 15 is 0 Å². The monoisotopic (exact) mass is 436 g/mol.